The summed E-state index contributed by atoms with van der Waals surface area (Å²) in [6.45, 7) is 0. The van der Waals surface area contributed by atoms with Gasteiger partial charge in [0.15, 0.2) is 0 Å². The number of aliphatic hydroxyl groups is 1. The van der Waals surface area contributed by atoms with E-state index >= 15 is 0 Å². The largest absolute Gasteiger partial charge is 0.480 e. The number of nitrogens with zero attached hydrogens (tertiary/aromatic N) is 2. The first-order valence-corrected chi connectivity index (χ1v) is 6.33. The van der Waals surface area contributed by atoms with Gasteiger partial charge in [-0.2, -0.15) is 4.98 Å². The average Bonchev–Trinajstić information content (AvgIpc) is 2.46. The molecule has 0 saturated heterocycles. The predicted molar refractivity (Wildman–Crippen MR) is 68.3 cm³/mol. The molecule has 106 valence electrons. The van der Waals surface area contributed by atoms with Gasteiger partial charge in [-0.25, -0.2) is 4.98 Å². The van der Waals surface area contributed by atoms with Crippen LogP contribution < -0.4 is 9.47 Å². The van der Waals surface area contributed by atoms with E-state index in [1.807, 2.05) is 0 Å². The van der Waals surface area contributed by atoms with E-state index in [0.29, 0.717) is 30.3 Å². The van der Waals surface area contributed by atoms with Gasteiger partial charge < -0.3 is 19.3 Å². The van der Waals surface area contributed by atoms with Crippen LogP contribution in [0.1, 0.15) is 31.4 Å². The highest BCUT2D eigenvalue weighted by Crippen LogP contribution is 2.40. The van der Waals surface area contributed by atoms with Crippen LogP contribution in [-0.4, -0.2) is 42.5 Å². The minimum Gasteiger partial charge on any atom is -0.480 e. The van der Waals surface area contributed by atoms with Crippen molar-refractivity contribution < 1.29 is 19.3 Å². The second-order valence-electron chi connectivity index (χ2n) is 4.76. The molecule has 0 spiro atoms. The maximum absolute atomic E-state index is 10.8. The molecule has 1 aliphatic rings. The lowest BCUT2D eigenvalue weighted by molar-refractivity contribution is -0.0672. The molecule has 2 unspecified atom stereocenters. The highest BCUT2D eigenvalue weighted by Gasteiger charge is 2.40. The molecule has 0 bridgehead atoms. The number of ether oxygens (including phenoxy) is 3. The summed E-state index contributed by atoms with van der Waals surface area (Å²) in [4.78, 5) is 8.44. The molecule has 0 aromatic carbocycles. The van der Waals surface area contributed by atoms with E-state index in [-0.39, 0.29) is 6.10 Å². The van der Waals surface area contributed by atoms with Crippen molar-refractivity contribution in [3.63, 3.8) is 0 Å². The Morgan fingerprint density at radius 2 is 2.11 bits per heavy atom. The molecule has 1 aromatic rings. The molecule has 6 nitrogen and oxygen atoms in total. The Balaban J connectivity index is 2.33. The van der Waals surface area contributed by atoms with Crippen molar-refractivity contribution in [3.05, 3.63) is 11.9 Å². The van der Waals surface area contributed by atoms with E-state index in [4.69, 9.17) is 14.2 Å². The van der Waals surface area contributed by atoms with Gasteiger partial charge in [0, 0.05) is 13.5 Å². The Kier molecular flexibility index (Phi) is 4.21. The molecule has 1 heterocycles. The van der Waals surface area contributed by atoms with E-state index in [2.05, 4.69) is 9.97 Å². The second kappa shape index (κ2) is 5.71. The second-order valence-corrected chi connectivity index (χ2v) is 4.76. The zero-order valence-electron chi connectivity index (χ0n) is 11.5. The number of hydrogen-bond donors (Lipinski definition) is 1. The first kappa shape index (κ1) is 14.0. The Hall–Kier alpha value is -1.40. The van der Waals surface area contributed by atoms with Gasteiger partial charge in [-0.05, 0) is 19.3 Å². The van der Waals surface area contributed by atoms with Crippen molar-refractivity contribution in [2.24, 2.45) is 0 Å². The van der Waals surface area contributed by atoms with Crippen LogP contribution in [-0.2, 0) is 10.3 Å². The van der Waals surface area contributed by atoms with Gasteiger partial charge in [0.25, 0.3) is 0 Å². The van der Waals surface area contributed by atoms with Crippen LogP contribution in [0.5, 0.6) is 11.8 Å². The van der Waals surface area contributed by atoms with E-state index in [1.165, 1.54) is 20.4 Å². The van der Waals surface area contributed by atoms with Crippen molar-refractivity contribution in [1.82, 2.24) is 9.97 Å². The molecule has 0 aliphatic heterocycles. The fraction of sp³-hybridized carbons (Fsp3) is 0.692. The number of rotatable bonds is 4. The number of aromatic nitrogens is 2. The predicted octanol–water partition coefficient (Wildman–Crippen LogP) is 1.27. The van der Waals surface area contributed by atoms with Crippen LogP contribution in [0.25, 0.3) is 0 Å². The third kappa shape index (κ3) is 2.79. The Morgan fingerprint density at radius 3 is 2.74 bits per heavy atom. The average molecular weight is 268 g/mol. The van der Waals surface area contributed by atoms with Crippen molar-refractivity contribution in [3.8, 4) is 11.8 Å². The molecular weight excluding hydrogens is 248 g/mol. The summed E-state index contributed by atoms with van der Waals surface area (Å²) in [6.07, 6.45) is 4.49. The van der Waals surface area contributed by atoms with Gasteiger partial charge in [-0.1, -0.05) is 0 Å². The molecular formula is C13H20N2O4. The van der Waals surface area contributed by atoms with Crippen LogP contribution in [0.3, 0.4) is 0 Å². The highest BCUT2D eigenvalue weighted by atomic mass is 16.5. The van der Waals surface area contributed by atoms with Gasteiger partial charge in [0.1, 0.15) is 11.3 Å². The fourth-order valence-electron chi connectivity index (χ4n) is 2.54. The maximum Gasteiger partial charge on any atom is 0.241 e. The van der Waals surface area contributed by atoms with Gasteiger partial charge in [0.2, 0.25) is 11.8 Å². The van der Waals surface area contributed by atoms with Gasteiger partial charge in [0.05, 0.1) is 26.5 Å². The zero-order valence-corrected chi connectivity index (χ0v) is 11.5. The molecule has 6 heteroatoms. The van der Waals surface area contributed by atoms with E-state index < -0.39 is 5.60 Å². The Morgan fingerprint density at radius 1 is 1.32 bits per heavy atom. The lowest BCUT2D eigenvalue weighted by atomic mass is 9.80. The number of hydrogen-bond acceptors (Lipinski definition) is 6. The summed E-state index contributed by atoms with van der Waals surface area (Å²) in [5.41, 5.74) is -0.596. The first-order valence-electron chi connectivity index (χ1n) is 6.33. The van der Waals surface area contributed by atoms with E-state index in [1.54, 1.807) is 7.11 Å². The number of methoxy groups -OCH3 is 3. The molecule has 2 rings (SSSR count). The van der Waals surface area contributed by atoms with Crippen molar-refractivity contribution in [1.29, 1.82) is 0 Å². The maximum atomic E-state index is 10.8. The summed E-state index contributed by atoms with van der Waals surface area (Å²) in [5.74, 6) is 0.668. The van der Waals surface area contributed by atoms with E-state index in [9.17, 15) is 5.11 Å². The fourth-order valence-corrected chi connectivity index (χ4v) is 2.54. The molecule has 0 radical (unpaired) electrons. The van der Waals surface area contributed by atoms with E-state index in [0.717, 1.165) is 12.8 Å². The topological polar surface area (TPSA) is 73.7 Å². The standard InChI is InChI=1S/C13H20N2O4/c1-17-9-5-4-6-13(16,7-9)11-12(19-3)15-10(18-2)8-14-11/h8-9,16H,4-7H2,1-3H3. The highest BCUT2D eigenvalue weighted by molar-refractivity contribution is 5.28. The van der Waals surface area contributed by atoms with Gasteiger partial charge in [-0.3, -0.25) is 0 Å². The van der Waals surface area contributed by atoms with Crippen LogP contribution >= 0.6 is 0 Å². The molecule has 0 amide bonds. The van der Waals surface area contributed by atoms with Crippen LogP contribution in [0.4, 0.5) is 0 Å². The van der Waals surface area contributed by atoms with Gasteiger partial charge in [-0.15, -0.1) is 0 Å². The summed E-state index contributed by atoms with van der Waals surface area (Å²) < 4.78 is 15.6. The monoisotopic (exact) mass is 268 g/mol. The molecule has 19 heavy (non-hydrogen) atoms. The molecule has 2 atom stereocenters. The quantitative estimate of drug-likeness (QED) is 0.886. The molecule has 1 fully saturated rings. The normalized spacial score (nSPS) is 27.1. The summed E-state index contributed by atoms with van der Waals surface area (Å²) in [7, 11) is 4.68. The minimum atomic E-state index is -1.05. The van der Waals surface area contributed by atoms with Crippen LogP contribution in [0, 0.1) is 0 Å². The lowest BCUT2D eigenvalue weighted by Gasteiger charge is -2.35. The smallest absolute Gasteiger partial charge is 0.241 e. The third-order valence-corrected chi connectivity index (χ3v) is 3.58. The molecule has 1 aliphatic carbocycles. The van der Waals surface area contributed by atoms with Crippen LogP contribution in [0.2, 0.25) is 0 Å². The minimum absolute atomic E-state index is 0.0346. The Bertz CT molecular complexity index is 441. The first-order chi connectivity index (χ1) is 9.12. The third-order valence-electron chi connectivity index (χ3n) is 3.58. The summed E-state index contributed by atoms with van der Waals surface area (Å²) in [6, 6.07) is 0. The SMILES string of the molecule is COc1cnc(C2(O)CCCC(OC)C2)c(OC)n1. The zero-order chi connectivity index (χ0) is 13.9. The van der Waals surface area contributed by atoms with Crippen molar-refractivity contribution in [2.45, 2.75) is 37.4 Å². The Labute approximate surface area is 112 Å². The lowest BCUT2D eigenvalue weighted by Crippen LogP contribution is -2.37. The molecule has 1 N–H and O–H groups in total. The van der Waals surface area contributed by atoms with Crippen molar-refractivity contribution >= 4 is 0 Å². The van der Waals surface area contributed by atoms with Crippen molar-refractivity contribution in [2.75, 3.05) is 21.3 Å². The summed E-state index contributed by atoms with van der Waals surface area (Å²) >= 11 is 0. The molecule has 1 saturated carbocycles. The van der Waals surface area contributed by atoms with Gasteiger partial charge >= 0.3 is 0 Å². The molecule has 1 aromatic heterocycles. The van der Waals surface area contributed by atoms with Crippen LogP contribution in [0.15, 0.2) is 6.20 Å². The summed E-state index contributed by atoms with van der Waals surface area (Å²) in [5, 5.41) is 10.8.